The molecule has 9 nitrogen and oxygen atoms in total. The van der Waals surface area contributed by atoms with Gasteiger partial charge in [0.15, 0.2) is 11.8 Å². The van der Waals surface area contributed by atoms with E-state index in [-0.39, 0.29) is 0 Å². The van der Waals surface area contributed by atoms with Crippen LogP contribution in [-0.2, 0) is 29.0 Å². The largest absolute Gasteiger partial charge is 0.379 e. The van der Waals surface area contributed by atoms with Crippen molar-refractivity contribution < 1.29 is 9.47 Å². The molecule has 0 saturated carbocycles. The van der Waals surface area contributed by atoms with Crippen molar-refractivity contribution in [2.45, 2.75) is 65.3 Å². The van der Waals surface area contributed by atoms with Gasteiger partial charge in [-0.3, -0.25) is 9.89 Å². The minimum absolute atomic E-state index is 0.291. The van der Waals surface area contributed by atoms with Crippen LogP contribution in [0.4, 0.5) is 0 Å². The second-order valence-electron chi connectivity index (χ2n) is 8.59. The number of hydrogen-bond donors (Lipinski definition) is 2. The van der Waals surface area contributed by atoms with Crippen molar-refractivity contribution in [2.24, 2.45) is 10.9 Å². The zero-order valence-electron chi connectivity index (χ0n) is 19.1. The van der Waals surface area contributed by atoms with Gasteiger partial charge in [0.2, 0.25) is 0 Å². The van der Waals surface area contributed by atoms with Crippen molar-refractivity contribution in [3.8, 4) is 0 Å². The van der Waals surface area contributed by atoms with E-state index in [2.05, 4.69) is 46.4 Å². The van der Waals surface area contributed by atoms with Crippen LogP contribution in [0.1, 0.15) is 45.3 Å². The first-order valence-electron chi connectivity index (χ1n) is 11.4. The molecular weight excluding hydrogens is 382 g/mol. The summed E-state index contributed by atoms with van der Waals surface area (Å²) in [7, 11) is 1.67. The van der Waals surface area contributed by atoms with E-state index in [0.717, 1.165) is 82.8 Å². The highest BCUT2D eigenvalue weighted by atomic mass is 16.5. The van der Waals surface area contributed by atoms with E-state index < -0.39 is 0 Å². The molecule has 0 amide bonds. The molecule has 1 aromatic heterocycles. The third kappa shape index (κ3) is 6.65. The Bertz CT molecular complexity index is 670. The smallest absolute Gasteiger partial charge is 0.191 e. The van der Waals surface area contributed by atoms with Crippen LogP contribution >= 0.6 is 0 Å². The number of aliphatic imine (C=N–C) groups is 1. The first-order valence-corrected chi connectivity index (χ1v) is 11.4. The standard InChI is InChI=1S/C21H39N7O2/c1-5-22-21(23-13-18(12-16(2)3)27-8-10-30-11-9-27)24-17-6-7-20-25-19(15-29-4)26-28(20)14-17/h16-18H,5-15H2,1-4H3,(H2,22,23,24). The number of methoxy groups -OCH3 is 1. The van der Waals surface area contributed by atoms with Crippen molar-refractivity contribution in [1.29, 1.82) is 0 Å². The van der Waals surface area contributed by atoms with Gasteiger partial charge in [0.05, 0.1) is 26.3 Å². The summed E-state index contributed by atoms with van der Waals surface area (Å²) in [6.45, 7) is 13.2. The molecule has 30 heavy (non-hydrogen) atoms. The summed E-state index contributed by atoms with van der Waals surface area (Å²) in [4.78, 5) is 12.1. The van der Waals surface area contributed by atoms with Crippen LogP contribution in [-0.4, -0.2) is 84.2 Å². The van der Waals surface area contributed by atoms with E-state index in [9.17, 15) is 0 Å². The van der Waals surface area contributed by atoms with Crippen molar-refractivity contribution in [3.05, 3.63) is 11.6 Å². The number of aryl methyl sites for hydroxylation is 1. The van der Waals surface area contributed by atoms with Crippen LogP contribution < -0.4 is 10.6 Å². The highest BCUT2D eigenvalue weighted by Crippen LogP contribution is 2.15. The molecule has 0 aromatic carbocycles. The Kier molecular flexibility index (Phi) is 8.89. The third-order valence-electron chi connectivity index (χ3n) is 5.63. The van der Waals surface area contributed by atoms with E-state index >= 15 is 0 Å². The van der Waals surface area contributed by atoms with Crippen LogP contribution in [0.5, 0.6) is 0 Å². The Hall–Kier alpha value is -1.71. The summed E-state index contributed by atoms with van der Waals surface area (Å²) in [5.74, 6) is 3.35. The number of nitrogens with zero attached hydrogens (tertiary/aromatic N) is 5. The average molecular weight is 422 g/mol. The van der Waals surface area contributed by atoms with Crippen molar-refractivity contribution in [3.63, 3.8) is 0 Å². The second kappa shape index (κ2) is 11.6. The minimum atomic E-state index is 0.291. The molecule has 3 heterocycles. The fourth-order valence-electron chi connectivity index (χ4n) is 4.20. The SMILES string of the molecule is CCNC(=NCC(CC(C)C)N1CCOCC1)NC1CCc2nc(COC)nn2C1. The fourth-order valence-corrected chi connectivity index (χ4v) is 4.20. The molecule has 3 rings (SSSR count). The first-order chi connectivity index (χ1) is 14.6. The number of aromatic nitrogens is 3. The Balaban J connectivity index is 1.61. The molecule has 0 radical (unpaired) electrons. The van der Waals surface area contributed by atoms with Gasteiger partial charge in [0, 0.05) is 45.2 Å². The molecule has 1 saturated heterocycles. The van der Waals surface area contributed by atoms with Crippen LogP contribution in [0.3, 0.4) is 0 Å². The molecule has 170 valence electrons. The van der Waals surface area contributed by atoms with E-state index in [0.29, 0.717) is 24.6 Å². The van der Waals surface area contributed by atoms with Gasteiger partial charge in [-0.25, -0.2) is 9.67 Å². The average Bonchev–Trinajstić information content (AvgIpc) is 3.13. The number of fused-ring (bicyclic) bond motifs is 1. The summed E-state index contributed by atoms with van der Waals surface area (Å²) in [6.07, 6.45) is 3.09. The monoisotopic (exact) mass is 421 g/mol. The van der Waals surface area contributed by atoms with Crippen LogP contribution in [0.15, 0.2) is 4.99 Å². The van der Waals surface area contributed by atoms with E-state index in [1.807, 2.05) is 4.68 Å². The Morgan fingerprint density at radius 1 is 1.33 bits per heavy atom. The maximum absolute atomic E-state index is 5.54. The van der Waals surface area contributed by atoms with Gasteiger partial charge >= 0.3 is 0 Å². The quantitative estimate of drug-likeness (QED) is 0.455. The maximum atomic E-state index is 5.54. The number of ether oxygens (including phenoxy) is 2. The van der Waals surface area contributed by atoms with Gasteiger partial charge in [-0.1, -0.05) is 13.8 Å². The predicted molar refractivity (Wildman–Crippen MR) is 118 cm³/mol. The molecule has 0 bridgehead atoms. The number of morpholine rings is 1. The summed E-state index contributed by atoms with van der Waals surface area (Å²) < 4.78 is 12.7. The lowest BCUT2D eigenvalue weighted by Gasteiger charge is -2.35. The van der Waals surface area contributed by atoms with Gasteiger partial charge in [-0.15, -0.1) is 0 Å². The highest BCUT2D eigenvalue weighted by Gasteiger charge is 2.24. The summed E-state index contributed by atoms with van der Waals surface area (Å²) >= 11 is 0. The molecule has 2 aliphatic heterocycles. The maximum Gasteiger partial charge on any atom is 0.191 e. The van der Waals surface area contributed by atoms with Crippen molar-refractivity contribution in [1.82, 2.24) is 30.3 Å². The van der Waals surface area contributed by atoms with Crippen molar-refractivity contribution >= 4 is 5.96 Å². The highest BCUT2D eigenvalue weighted by molar-refractivity contribution is 5.80. The van der Waals surface area contributed by atoms with Crippen LogP contribution in [0.25, 0.3) is 0 Å². The minimum Gasteiger partial charge on any atom is -0.379 e. The van der Waals surface area contributed by atoms with Crippen LogP contribution in [0, 0.1) is 5.92 Å². The lowest BCUT2D eigenvalue weighted by molar-refractivity contribution is 0.0143. The Morgan fingerprint density at radius 2 is 2.13 bits per heavy atom. The van der Waals surface area contributed by atoms with E-state index in [1.54, 1.807) is 7.11 Å². The molecule has 2 unspecified atom stereocenters. The lowest BCUT2D eigenvalue weighted by Crippen LogP contribution is -2.49. The zero-order chi connectivity index (χ0) is 21.3. The second-order valence-corrected chi connectivity index (χ2v) is 8.59. The van der Waals surface area contributed by atoms with Gasteiger partial charge in [-0.05, 0) is 25.7 Å². The lowest BCUT2D eigenvalue weighted by atomic mass is 10.0. The normalized spacial score (nSPS) is 21.5. The van der Waals surface area contributed by atoms with Crippen LogP contribution in [0.2, 0.25) is 0 Å². The van der Waals surface area contributed by atoms with Gasteiger partial charge in [0.25, 0.3) is 0 Å². The van der Waals surface area contributed by atoms with E-state index in [1.165, 1.54) is 0 Å². The molecule has 0 spiro atoms. The molecule has 2 N–H and O–H groups in total. The number of rotatable bonds is 9. The Morgan fingerprint density at radius 3 is 2.83 bits per heavy atom. The Labute approximate surface area is 180 Å². The number of nitrogens with one attached hydrogen (secondary N) is 2. The van der Waals surface area contributed by atoms with Gasteiger partial charge < -0.3 is 20.1 Å². The summed E-state index contributed by atoms with van der Waals surface area (Å²) in [5, 5.41) is 11.6. The molecule has 1 aromatic rings. The first kappa shape index (κ1) is 23.0. The fraction of sp³-hybridized carbons (Fsp3) is 0.857. The summed E-state index contributed by atoms with van der Waals surface area (Å²) in [6, 6.07) is 0.744. The van der Waals surface area contributed by atoms with E-state index in [4.69, 9.17) is 14.5 Å². The van der Waals surface area contributed by atoms with Crippen molar-refractivity contribution in [2.75, 3.05) is 46.5 Å². The van der Waals surface area contributed by atoms with Gasteiger partial charge in [-0.2, -0.15) is 5.10 Å². The molecule has 9 heteroatoms. The molecule has 2 atom stereocenters. The molecular formula is C21H39N7O2. The molecule has 0 aliphatic carbocycles. The predicted octanol–water partition coefficient (Wildman–Crippen LogP) is 1.04. The topological polar surface area (TPSA) is 88.8 Å². The number of guanidine groups is 1. The zero-order valence-corrected chi connectivity index (χ0v) is 19.1. The summed E-state index contributed by atoms with van der Waals surface area (Å²) in [5.41, 5.74) is 0. The molecule has 1 fully saturated rings. The molecule has 2 aliphatic rings. The van der Waals surface area contributed by atoms with Gasteiger partial charge in [0.1, 0.15) is 12.4 Å². The third-order valence-corrected chi connectivity index (χ3v) is 5.63. The number of hydrogen-bond acceptors (Lipinski definition) is 6.